The van der Waals surface area contributed by atoms with Crippen molar-refractivity contribution in [3.05, 3.63) is 0 Å². The molecule has 102 valence electrons. The summed E-state index contributed by atoms with van der Waals surface area (Å²) in [5, 5.41) is 3.18. The summed E-state index contributed by atoms with van der Waals surface area (Å²) in [6, 6.07) is 0. The van der Waals surface area contributed by atoms with Gasteiger partial charge >= 0.3 is 0 Å². The van der Waals surface area contributed by atoms with Crippen molar-refractivity contribution in [2.75, 3.05) is 26.8 Å². The van der Waals surface area contributed by atoms with E-state index in [4.69, 9.17) is 10.6 Å². The van der Waals surface area contributed by atoms with E-state index in [2.05, 4.69) is 43.4 Å². The van der Waals surface area contributed by atoms with E-state index in [0.717, 1.165) is 26.1 Å². The van der Waals surface area contributed by atoms with Gasteiger partial charge in [0, 0.05) is 26.8 Å². The molecule has 0 heterocycles. The number of hydrazine groups is 1. The zero-order valence-corrected chi connectivity index (χ0v) is 11.8. The van der Waals surface area contributed by atoms with Gasteiger partial charge in [-0.1, -0.05) is 27.7 Å². The first-order valence-corrected chi connectivity index (χ1v) is 6.15. The number of nitrogens with one attached hydrogen (secondary N) is 2. The molecule has 0 bridgehead atoms. The summed E-state index contributed by atoms with van der Waals surface area (Å²) in [5.74, 6) is 6.64. The van der Waals surface area contributed by atoms with Gasteiger partial charge in [-0.25, -0.2) is 5.84 Å². The fourth-order valence-electron chi connectivity index (χ4n) is 1.20. The van der Waals surface area contributed by atoms with Gasteiger partial charge in [-0.2, -0.15) is 0 Å². The Balaban J connectivity index is 4.14. The van der Waals surface area contributed by atoms with Crippen LogP contribution in [0.15, 0.2) is 4.99 Å². The fraction of sp³-hybridized carbons (Fsp3) is 0.917. The predicted octanol–water partition coefficient (Wildman–Crippen LogP) is 1.11. The first-order chi connectivity index (χ1) is 7.91. The van der Waals surface area contributed by atoms with Crippen molar-refractivity contribution in [2.24, 2.45) is 22.2 Å². The van der Waals surface area contributed by atoms with Crippen molar-refractivity contribution in [1.82, 2.24) is 10.7 Å². The van der Waals surface area contributed by atoms with Gasteiger partial charge in [0.1, 0.15) is 0 Å². The Hall–Kier alpha value is -0.810. The lowest BCUT2D eigenvalue weighted by atomic mass is 9.90. The van der Waals surface area contributed by atoms with E-state index < -0.39 is 0 Å². The van der Waals surface area contributed by atoms with Crippen LogP contribution in [0.5, 0.6) is 0 Å². The van der Waals surface area contributed by atoms with E-state index >= 15 is 0 Å². The van der Waals surface area contributed by atoms with Crippen LogP contribution in [-0.4, -0.2) is 32.8 Å². The van der Waals surface area contributed by atoms with E-state index in [1.807, 2.05) is 0 Å². The van der Waals surface area contributed by atoms with Crippen molar-refractivity contribution in [1.29, 1.82) is 0 Å². The number of guanidine groups is 1. The number of methoxy groups -OCH3 is 1. The molecule has 0 rings (SSSR count). The summed E-state index contributed by atoms with van der Waals surface area (Å²) in [7, 11) is 1.72. The molecule has 5 heteroatoms. The van der Waals surface area contributed by atoms with Crippen molar-refractivity contribution in [2.45, 2.75) is 34.1 Å². The quantitative estimate of drug-likeness (QED) is 0.271. The second-order valence-electron chi connectivity index (χ2n) is 5.49. The fourth-order valence-corrected chi connectivity index (χ4v) is 1.20. The standard InChI is InChI=1S/C12H28N4O/c1-10(2)8-14-11(16-13)15-9-12(3,4)6-7-17-5/h10H,6-9,13H2,1-5H3,(H2,14,15,16). The van der Waals surface area contributed by atoms with Crippen LogP contribution in [0.3, 0.4) is 0 Å². The number of rotatable bonds is 7. The molecule has 5 nitrogen and oxygen atoms in total. The third-order valence-corrected chi connectivity index (χ3v) is 2.46. The molecule has 0 atom stereocenters. The molecule has 0 radical (unpaired) electrons. The van der Waals surface area contributed by atoms with Crippen molar-refractivity contribution in [3.8, 4) is 0 Å². The maximum Gasteiger partial charge on any atom is 0.205 e. The molecule has 0 aromatic heterocycles. The van der Waals surface area contributed by atoms with Crippen molar-refractivity contribution < 1.29 is 4.74 Å². The van der Waals surface area contributed by atoms with Crippen LogP contribution in [0.4, 0.5) is 0 Å². The molecular formula is C12H28N4O. The number of hydrogen-bond donors (Lipinski definition) is 3. The van der Waals surface area contributed by atoms with Gasteiger partial charge in [-0.15, -0.1) is 0 Å². The molecule has 0 aliphatic heterocycles. The highest BCUT2D eigenvalue weighted by atomic mass is 16.5. The molecule has 0 unspecified atom stereocenters. The second kappa shape index (κ2) is 8.31. The van der Waals surface area contributed by atoms with E-state index in [1.165, 1.54) is 0 Å². The first kappa shape index (κ1) is 16.2. The average molecular weight is 244 g/mol. The highest BCUT2D eigenvalue weighted by Gasteiger charge is 2.17. The van der Waals surface area contributed by atoms with Crippen molar-refractivity contribution in [3.63, 3.8) is 0 Å². The molecule has 0 aliphatic rings. The van der Waals surface area contributed by atoms with E-state index in [1.54, 1.807) is 7.11 Å². The minimum absolute atomic E-state index is 0.123. The molecule has 0 amide bonds. The first-order valence-electron chi connectivity index (χ1n) is 6.15. The summed E-state index contributed by atoms with van der Waals surface area (Å²) in [6.07, 6.45) is 0.981. The summed E-state index contributed by atoms with van der Waals surface area (Å²) >= 11 is 0. The average Bonchev–Trinajstić information content (AvgIpc) is 2.26. The molecule has 0 fully saturated rings. The molecule has 0 spiro atoms. The topological polar surface area (TPSA) is 71.7 Å². The van der Waals surface area contributed by atoms with Crippen LogP contribution in [-0.2, 0) is 4.74 Å². The minimum Gasteiger partial charge on any atom is -0.385 e. The van der Waals surface area contributed by atoms with Crippen molar-refractivity contribution >= 4 is 5.96 Å². The highest BCUT2D eigenvalue weighted by molar-refractivity contribution is 5.79. The molecule has 0 aromatic carbocycles. The second-order valence-corrected chi connectivity index (χ2v) is 5.49. The summed E-state index contributed by atoms with van der Waals surface area (Å²) in [6.45, 7) is 11.0. The third-order valence-electron chi connectivity index (χ3n) is 2.46. The normalized spacial score (nSPS) is 13.0. The van der Waals surface area contributed by atoms with E-state index in [-0.39, 0.29) is 5.41 Å². The Kier molecular flexibility index (Phi) is 7.91. The van der Waals surface area contributed by atoms with Crippen LogP contribution in [0, 0.1) is 11.3 Å². The SMILES string of the molecule is COCCC(C)(C)CN=C(NN)NCC(C)C. The summed E-state index contributed by atoms with van der Waals surface area (Å²) < 4.78 is 5.09. The molecule has 17 heavy (non-hydrogen) atoms. The third kappa shape index (κ3) is 8.94. The summed E-state index contributed by atoms with van der Waals surface area (Å²) in [5.41, 5.74) is 2.72. The van der Waals surface area contributed by atoms with Crippen LogP contribution in [0.1, 0.15) is 34.1 Å². The van der Waals surface area contributed by atoms with Gasteiger partial charge in [0.05, 0.1) is 0 Å². The minimum atomic E-state index is 0.123. The lowest BCUT2D eigenvalue weighted by Gasteiger charge is -2.22. The number of nitrogens with zero attached hydrogens (tertiary/aromatic N) is 1. The molecule has 0 saturated heterocycles. The highest BCUT2D eigenvalue weighted by Crippen LogP contribution is 2.20. The van der Waals surface area contributed by atoms with Gasteiger partial charge in [-0.3, -0.25) is 10.4 Å². The van der Waals surface area contributed by atoms with Crippen LogP contribution in [0.2, 0.25) is 0 Å². The maximum atomic E-state index is 5.42. The van der Waals surface area contributed by atoms with Gasteiger partial charge in [0.15, 0.2) is 0 Å². The molecule has 4 N–H and O–H groups in total. The van der Waals surface area contributed by atoms with Gasteiger partial charge in [0.2, 0.25) is 5.96 Å². The lowest BCUT2D eigenvalue weighted by molar-refractivity contribution is 0.155. The molecule has 0 saturated carbocycles. The Morgan fingerprint density at radius 2 is 2.06 bits per heavy atom. The monoisotopic (exact) mass is 244 g/mol. The van der Waals surface area contributed by atoms with Gasteiger partial charge in [-0.05, 0) is 17.8 Å². The maximum absolute atomic E-state index is 5.42. The van der Waals surface area contributed by atoms with Gasteiger partial charge < -0.3 is 10.1 Å². The predicted molar refractivity (Wildman–Crippen MR) is 72.7 cm³/mol. The van der Waals surface area contributed by atoms with E-state index in [9.17, 15) is 0 Å². The zero-order valence-electron chi connectivity index (χ0n) is 11.8. The van der Waals surface area contributed by atoms with Gasteiger partial charge in [0.25, 0.3) is 0 Å². The Morgan fingerprint density at radius 1 is 1.41 bits per heavy atom. The Morgan fingerprint density at radius 3 is 2.53 bits per heavy atom. The van der Waals surface area contributed by atoms with Crippen LogP contribution < -0.4 is 16.6 Å². The summed E-state index contributed by atoms with van der Waals surface area (Å²) in [4.78, 5) is 4.45. The number of hydrogen-bond acceptors (Lipinski definition) is 3. The Labute approximate surface area is 105 Å². The largest absolute Gasteiger partial charge is 0.385 e. The zero-order chi connectivity index (χ0) is 13.3. The van der Waals surface area contributed by atoms with E-state index in [0.29, 0.717) is 11.9 Å². The molecule has 0 aliphatic carbocycles. The Bertz CT molecular complexity index is 227. The van der Waals surface area contributed by atoms with Crippen LogP contribution >= 0.6 is 0 Å². The van der Waals surface area contributed by atoms with Crippen LogP contribution in [0.25, 0.3) is 0 Å². The lowest BCUT2D eigenvalue weighted by Crippen LogP contribution is -2.43. The number of nitrogens with two attached hydrogens (primary N) is 1. The number of aliphatic imine (C=N–C) groups is 1. The smallest absolute Gasteiger partial charge is 0.205 e. The number of ether oxygens (including phenoxy) is 1. The molecular weight excluding hydrogens is 216 g/mol. The molecule has 0 aromatic rings.